The Balaban J connectivity index is 1.50. The number of carbonyl (C=O) groups excluding carboxylic acids is 3. The number of esters is 3. The second kappa shape index (κ2) is 9.59. The van der Waals surface area contributed by atoms with Crippen molar-refractivity contribution in [2.24, 2.45) is 0 Å². The minimum Gasteiger partial charge on any atom is -0.463 e. The number of furan rings is 1. The summed E-state index contributed by atoms with van der Waals surface area (Å²) in [5.74, 6) is -1.61. The molecule has 0 saturated carbocycles. The number of nitrogens with zero attached hydrogens (tertiary/aromatic N) is 1. The van der Waals surface area contributed by atoms with Crippen LogP contribution >= 0.6 is 0 Å². The van der Waals surface area contributed by atoms with E-state index in [1.54, 1.807) is 13.0 Å². The summed E-state index contributed by atoms with van der Waals surface area (Å²) in [7, 11) is 0. The predicted octanol–water partition coefficient (Wildman–Crippen LogP) is 3.44. The highest BCUT2D eigenvalue weighted by molar-refractivity contribution is 5.94. The van der Waals surface area contributed by atoms with E-state index in [2.05, 4.69) is 0 Å². The number of benzene rings is 1. The van der Waals surface area contributed by atoms with E-state index in [0.717, 1.165) is 5.56 Å². The standard InChI is InChI=1S/C21H21NO7/c1-2-26-21(25)17-12-18-16(10-11-27-18)22(17)14-29-20(24)9-8-19(23)28-13-15-6-4-3-5-7-15/h3-7,10-12H,2,8-9,13-14H2,1H3. The Morgan fingerprint density at radius 1 is 0.966 bits per heavy atom. The van der Waals surface area contributed by atoms with E-state index < -0.39 is 17.9 Å². The molecule has 3 aromatic rings. The maximum Gasteiger partial charge on any atom is 0.355 e. The fraction of sp³-hybridized carbons (Fsp3) is 0.286. The molecule has 2 heterocycles. The van der Waals surface area contributed by atoms with Crippen molar-refractivity contribution in [3.63, 3.8) is 0 Å². The van der Waals surface area contributed by atoms with Gasteiger partial charge in [0.25, 0.3) is 0 Å². The first-order valence-electron chi connectivity index (χ1n) is 9.17. The smallest absolute Gasteiger partial charge is 0.355 e. The van der Waals surface area contributed by atoms with Crippen molar-refractivity contribution in [2.75, 3.05) is 6.61 Å². The molecular formula is C21H21NO7. The van der Waals surface area contributed by atoms with Crippen LogP contribution < -0.4 is 0 Å². The second-order valence-corrected chi connectivity index (χ2v) is 6.14. The van der Waals surface area contributed by atoms with E-state index in [4.69, 9.17) is 18.6 Å². The Kier molecular flexibility index (Phi) is 6.67. The average molecular weight is 399 g/mol. The van der Waals surface area contributed by atoms with Gasteiger partial charge in [-0.3, -0.25) is 14.2 Å². The molecule has 1 aromatic carbocycles. The first-order chi connectivity index (χ1) is 14.1. The number of ether oxygens (including phenoxy) is 3. The van der Waals surface area contributed by atoms with Gasteiger partial charge in [0.15, 0.2) is 12.3 Å². The van der Waals surface area contributed by atoms with Gasteiger partial charge in [-0.05, 0) is 12.5 Å². The first-order valence-corrected chi connectivity index (χ1v) is 9.17. The van der Waals surface area contributed by atoms with Gasteiger partial charge >= 0.3 is 17.9 Å². The Hall–Kier alpha value is -3.55. The average Bonchev–Trinajstić information content (AvgIpc) is 3.32. The van der Waals surface area contributed by atoms with E-state index in [0.29, 0.717) is 11.1 Å². The maximum absolute atomic E-state index is 12.1. The first kappa shape index (κ1) is 20.2. The number of aromatic nitrogens is 1. The molecule has 0 aliphatic heterocycles. The molecule has 8 nitrogen and oxygen atoms in total. The van der Waals surface area contributed by atoms with Crippen LogP contribution in [0.25, 0.3) is 11.1 Å². The fourth-order valence-electron chi connectivity index (χ4n) is 2.71. The molecule has 0 fully saturated rings. The summed E-state index contributed by atoms with van der Waals surface area (Å²) in [5.41, 5.74) is 2.17. The zero-order valence-corrected chi connectivity index (χ0v) is 16.0. The molecule has 0 saturated heterocycles. The van der Waals surface area contributed by atoms with Crippen LogP contribution in [0.15, 0.2) is 53.1 Å². The van der Waals surface area contributed by atoms with Crippen molar-refractivity contribution >= 4 is 29.0 Å². The van der Waals surface area contributed by atoms with Crippen molar-refractivity contribution in [2.45, 2.75) is 33.1 Å². The Morgan fingerprint density at radius 2 is 1.69 bits per heavy atom. The highest BCUT2D eigenvalue weighted by Gasteiger charge is 2.19. The van der Waals surface area contributed by atoms with Gasteiger partial charge in [-0.2, -0.15) is 0 Å². The topological polar surface area (TPSA) is 97.0 Å². The summed E-state index contributed by atoms with van der Waals surface area (Å²) >= 11 is 0. The Bertz CT molecular complexity index is 987. The number of rotatable bonds is 9. The molecular weight excluding hydrogens is 378 g/mol. The minimum absolute atomic E-state index is 0.0940. The summed E-state index contributed by atoms with van der Waals surface area (Å²) in [4.78, 5) is 35.9. The zero-order valence-electron chi connectivity index (χ0n) is 16.0. The van der Waals surface area contributed by atoms with Gasteiger partial charge in [0.05, 0.1) is 31.2 Å². The molecule has 29 heavy (non-hydrogen) atoms. The van der Waals surface area contributed by atoms with E-state index >= 15 is 0 Å². The third-order valence-corrected chi connectivity index (χ3v) is 4.14. The fourth-order valence-corrected chi connectivity index (χ4v) is 2.71. The molecule has 8 heteroatoms. The largest absolute Gasteiger partial charge is 0.463 e. The third kappa shape index (κ3) is 5.25. The Labute approximate surface area is 166 Å². The third-order valence-electron chi connectivity index (χ3n) is 4.14. The predicted molar refractivity (Wildman–Crippen MR) is 102 cm³/mol. The van der Waals surface area contributed by atoms with E-state index in [9.17, 15) is 14.4 Å². The number of fused-ring (bicyclic) bond motifs is 1. The van der Waals surface area contributed by atoms with Crippen molar-refractivity contribution in [3.8, 4) is 0 Å². The molecule has 0 radical (unpaired) electrons. The lowest BCUT2D eigenvalue weighted by atomic mass is 10.2. The normalized spacial score (nSPS) is 10.7. The van der Waals surface area contributed by atoms with Gasteiger partial charge in [0.2, 0.25) is 0 Å². The molecule has 0 atom stereocenters. The van der Waals surface area contributed by atoms with Crippen molar-refractivity contribution in [1.29, 1.82) is 0 Å². The van der Waals surface area contributed by atoms with Crippen molar-refractivity contribution in [3.05, 3.63) is 60.0 Å². The molecule has 0 aliphatic rings. The van der Waals surface area contributed by atoms with Gasteiger partial charge in [-0.15, -0.1) is 0 Å². The summed E-state index contributed by atoms with van der Waals surface area (Å²) in [5, 5.41) is 0. The van der Waals surface area contributed by atoms with Crippen molar-refractivity contribution in [1.82, 2.24) is 4.57 Å². The minimum atomic E-state index is -0.582. The molecule has 0 N–H and O–H groups in total. The van der Waals surface area contributed by atoms with Crippen LogP contribution in [-0.4, -0.2) is 29.1 Å². The summed E-state index contributed by atoms with van der Waals surface area (Å²) in [6.45, 7) is 1.87. The van der Waals surface area contributed by atoms with Gasteiger partial charge < -0.3 is 18.6 Å². The zero-order chi connectivity index (χ0) is 20.6. The second-order valence-electron chi connectivity index (χ2n) is 6.14. The molecule has 152 valence electrons. The molecule has 0 spiro atoms. The van der Waals surface area contributed by atoms with Crippen LogP contribution in [0, 0.1) is 0 Å². The van der Waals surface area contributed by atoms with Gasteiger partial charge in [0, 0.05) is 12.1 Å². The van der Waals surface area contributed by atoms with E-state index in [1.165, 1.54) is 16.9 Å². The lowest BCUT2D eigenvalue weighted by Gasteiger charge is -2.10. The molecule has 0 aliphatic carbocycles. The van der Waals surface area contributed by atoms with Crippen LogP contribution in [-0.2, 0) is 37.1 Å². The lowest BCUT2D eigenvalue weighted by Crippen LogP contribution is -2.16. The highest BCUT2D eigenvalue weighted by atomic mass is 16.6. The molecule has 0 bridgehead atoms. The van der Waals surface area contributed by atoms with Gasteiger partial charge in [-0.25, -0.2) is 4.79 Å². The summed E-state index contributed by atoms with van der Waals surface area (Å²) in [6.07, 6.45) is 1.25. The monoisotopic (exact) mass is 399 g/mol. The van der Waals surface area contributed by atoms with E-state index in [-0.39, 0.29) is 38.5 Å². The van der Waals surface area contributed by atoms with Crippen LogP contribution in [0.2, 0.25) is 0 Å². The van der Waals surface area contributed by atoms with Gasteiger partial charge in [0.1, 0.15) is 12.3 Å². The molecule has 0 amide bonds. The van der Waals surface area contributed by atoms with Crippen molar-refractivity contribution < 1.29 is 33.0 Å². The van der Waals surface area contributed by atoms with Gasteiger partial charge in [-0.1, -0.05) is 30.3 Å². The highest BCUT2D eigenvalue weighted by Crippen LogP contribution is 2.22. The van der Waals surface area contributed by atoms with Crippen LogP contribution in [0.4, 0.5) is 0 Å². The molecule has 0 unspecified atom stereocenters. The summed E-state index contributed by atoms with van der Waals surface area (Å²) in [6, 6.07) is 12.4. The molecule has 2 aromatic heterocycles. The van der Waals surface area contributed by atoms with Crippen LogP contribution in [0.5, 0.6) is 0 Å². The van der Waals surface area contributed by atoms with Crippen LogP contribution in [0.1, 0.15) is 35.8 Å². The Morgan fingerprint density at radius 3 is 2.41 bits per heavy atom. The lowest BCUT2D eigenvalue weighted by molar-refractivity contribution is -0.153. The number of hydrogen-bond donors (Lipinski definition) is 0. The maximum atomic E-state index is 12.1. The number of hydrogen-bond acceptors (Lipinski definition) is 7. The summed E-state index contributed by atoms with van der Waals surface area (Å²) < 4.78 is 22.1. The SMILES string of the molecule is CCOC(=O)c1cc2occc2n1COC(=O)CCC(=O)OCc1ccccc1. The quantitative estimate of drug-likeness (QED) is 0.402. The van der Waals surface area contributed by atoms with Crippen LogP contribution in [0.3, 0.4) is 0 Å². The van der Waals surface area contributed by atoms with E-state index in [1.807, 2.05) is 30.3 Å². The number of carbonyl (C=O) groups is 3. The molecule has 3 rings (SSSR count).